The standard InChI is InChI=1S/C22H35BN2O4/c1-16(27-20(2,3)4)25-13-9-10-18(25)15-26-19-12-11-17(14-24-19)23-28-21(5,6)22(7,8)29-23/h11-12,14,18H,1,9-10,13,15H2,2-8H3/t18-/m0/s1. The molecule has 2 fully saturated rings. The number of likely N-dealkylation sites (tertiary alicyclic amines) is 1. The molecular formula is C22H35BN2O4. The van der Waals surface area contributed by atoms with Crippen LogP contribution >= 0.6 is 0 Å². The van der Waals surface area contributed by atoms with Crippen LogP contribution in [0, 0.1) is 0 Å². The first-order valence-electron chi connectivity index (χ1n) is 10.5. The Kier molecular flexibility index (Phi) is 5.94. The minimum atomic E-state index is -0.412. The minimum absolute atomic E-state index is 0.245. The van der Waals surface area contributed by atoms with Gasteiger partial charge in [0.1, 0.15) is 12.2 Å². The van der Waals surface area contributed by atoms with Crippen molar-refractivity contribution in [1.29, 1.82) is 0 Å². The maximum absolute atomic E-state index is 6.08. The van der Waals surface area contributed by atoms with Crippen LogP contribution in [0.2, 0.25) is 0 Å². The van der Waals surface area contributed by atoms with E-state index >= 15 is 0 Å². The molecule has 1 aromatic heterocycles. The van der Waals surface area contributed by atoms with Crippen molar-refractivity contribution in [3.8, 4) is 5.88 Å². The van der Waals surface area contributed by atoms with E-state index < -0.39 is 7.12 Å². The van der Waals surface area contributed by atoms with Gasteiger partial charge in [0.05, 0.1) is 17.2 Å². The molecule has 2 aliphatic rings. The number of pyridine rings is 1. The van der Waals surface area contributed by atoms with Crippen molar-refractivity contribution in [3.63, 3.8) is 0 Å². The number of rotatable bonds is 6. The van der Waals surface area contributed by atoms with Crippen molar-refractivity contribution in [1.82, 2.24) is 9.88 Å². The highest BCUT2D eigenvalue weighted by molar-refractivity contribution is 6.62. The van der Waals surface area contributed by atoms with Gasteiger partial charge >= 0.3 is 7.12 Å². The van der Waals surface area contributed by atoms with Gasteiger partial charge in [0.25, 0.3) is 0 Å². The van der Waals surface area contributed by atoms with Crippen molar-refractivity contribution in [2.24, 2.45) is 0 Å². The zero-order valence-corrected chi connectivity index (χ0v) is 18.9. The quantitative estimate of drug-likeness (QED) is 0.536. The maximum Gasteiger partial charge on any atom is 0.496 e. The summed E-state index contributed by atoms with van der Waals surface area (Å²) in [5, 5.41) is 0. The maximum atomic E-state index is 6.08. The average Bonchev–Trinajstić information content (AvgIpc) is 3.14. The van der Waals surface area contributed by atoms with E-state index in [9.17, 15) is 0 Å². The van der Waals surface area contributed by atoms with Crippen LogP contribution < -0.4 is 10.2 Å². The summed E-state index contributed by atoms with van der Waals surface area (Å²) in [7, 11) is -0.412. The van der Waals surface area contributed by atoms with Gasteiger partial charge in [-0.25, -0.2) is 4.98 Å². The van der Waals surface area contributed by atoms with Crippen LogP contribution in [-0.2, 0) is 14.0 Å². The van der Waals surface area contributed by atoms with Crippen LogP contribution in [0.3, 0.4) is 0 Å². The van der Waals surface area contributed by atoms with E-state index in [1.54, 1.807) is 6.20 Å². The van der Waals surface area contributed by atoms with Crippen molar-refractivity contribution in [3.05, 3.63) is 30.8 Å². The second-order valence-electron chi connectivity index (χ2n) is 9.93. The topological polar surface area (TPSA) is 53.1 Å². The highest BCUT2D eigenvalue weighted by atomic mass is 16.7. The number of ether oxygens (including phenoxy) is 2. The van der Waals surface area contributed by atoms with Crippen LogP contribution in [0.25, 0.3) is 0 Å². The van der Waals surface area contributed by atoms with E-state index in [0.29, 0.717) is 18.4 Å². The lowest BCUT2D eigenvalue weighted by Gasteiger charge is -2.32. The van der Waals surface area contributed by atoms with Gasteiger partial charge in [-0.2, -0.15) is 0 Å². The van der Waals surface area contributed by atoms with Gasteiger partial charge in [-0.1, -0.05) is 6.07 Å². The van der Waals surface area contributed by atoms with Crippen molar-refractivity contribution in [2.75, 3.05) is 13.2 Å². The monoisotopic (exact) mass is 402 g/mol. The summed E-state index contributed by atoms with van der Waals surface area (Å²) in [4.78, 5) is 6.65. The van der Waals surface area contributed by atoms with Crippen molar-refractivity contribution in [2.45, 2.75) is 84.2 Å². The summed E-state index contributed by atoms with van der Waals surface area (Å²) in [5.74, 6) is 1.31. The Morgan fingerprint density at radius 1 is 1.24 bits per heavy atom. The van der Waals surface area contributed by atoms with E-state index in [-0.39, 0.29) is 22.8 Å². The molecule has 0 spiro atoms. The summed E-state index contributed by atoms with van der Waals surface area (Å²) in [6.07, 6.45) is 3.93. The zero-order valence-electron chi connectivity index (χ0n) is 18.9. The van der Waals surface area contributed by atoms with Gasteiger partial charge in [-0.15, -0.1) is 0 Å². The van der Waals surface area contributed by atoms with Crippen LogP contribution in [0.15, 0.2) is 30.8 Å². The predicted molar refractivity (Wildman–Crippen MR) is 115 cm³/mol. The van der Waals surface area contributed by atoms with Gasteiger partial charge < -0.3 is 23.7 Å². The third-order valence-corrected chi connectivity index (χ3v) is 5.83. The highest BCUT2D eigenvalue weighted by Crippen LogP contribution is 2.36. The van der Waals surface area contributed by atoms with Crippen molar-refractivity contribution >= 4 is 12.6 Å². The molecule has 2 saturated heterocycles. The van der Waals surface area contributed by atoms with E-state index in [1.807, 2.05) is 60.6 Å². The molecule has 0 bridgehead atoms. The van der Waals surface area contributed by atoms with E-state index in [4.69, 9.17) is 18.8 Å². The fourth-order valence-corrected chi connectivity index (χ4v) is 3.53. The van der Waals surface area contributed by atoms with Gasteiger partial charge in [0, 0.05) is 18.2 Å². The molecule has 0 aromatic carbocycles. The van der Waals surface area contributed by atoms with Gasteiger partial charge in [0.15, 0.2) is 5.88 Å². The van der Waals surface area contributed by atoms with Gasteiger partial charge in [0.2, 0.25) is 5.88 Å². The second-order valence-corrected chi connectivity index (χ2v) is 9.93. The molecule has 1 atom stereocenters. The fourth-order valence-electron chi connectivity index (χ4n) is 3.53. The lowest BCUT2D eigenvalue weighted by atomic mass is 9.80. The molecule has 0 N–H and O–H groups in total. The molecule has 160 valence electrons. The smallest absolute Gasteiger partial charge is 0.475 e. The molecule has 0 unspecified atom stereocenters. The van der Waals surface area contributed by atoms with E-state index in [1.165, 1.54) is 0 Å². The Morgan fingerprint density at radius 3 is 2.45 bits per heavy atom. The third kappa shape index (κ3) is 5.07. The average molecular weight is 402 g/mol. The Bertz CT molecular complexity index is 711. The molecule has 6 nitrogen and oxygen atoms in total. The normalized spacial score (nSPS) is 23.3. The van der Waals surface area contributed by atoms with Crippen LogP contribution in [0.4, 0.5) is 0 Å². The molecule has 0 saturated carbocycles. The van der Waals surface area contributed by atoms with Crippen LogP contribution in [0.5, 0.6) is 5.88 Å². The number of hydrogen-bond donors (Lipinski definition) is 0. The van der Waals surface area contributed by atoms with Gasteiger partial charge in [-0.05, 0) is 74.0 Å². The van der Waals surface area contributed by atoms with Crippen LogP contribution in [-0.4, -0.2) is 53.0 Å². The Balaban J connectivity index is 1.56. The first-order valence-corrected chi connectivity index (χ1v) is 10.5. The number of aromatic nitrogens is 1. The lowest BCUT2D eigenvalue weighted by Crippen LogP contribution is -2.41. The number of hydrogen-bond acceptors (Lipinski definition) is 6. The SMILES string of the molecule is C=C(OC(C)(C)C)N1CCC[C@H]1COc1ccc(B2OC(C)(C)C(C)(C)O2)cn1. The summed E-state index contributed by atoms with van der Waals surface area (Å²) >= 11 is 0. The highest BCUT2D eigenvalue weighted by Gasteiger charge is 2.51. The zero-order chi connectivity index (χ0) is 21.4. The summed E-state index contributed by atoms with van der Waals surface area (Å²) in [6, 6.07) is 4.08. The fraction of sp³-hybridized carbons (Fsp3) is 0.682. The Hall–Kier alpha value is -1.73. The molecule has 3 rings (SSSR count). The molecular weight excluding hydrogens is 367 g/mol. The van der Waals surface area contributed by atoms with Gasteiger partial charge in [-0.3, -0.25) is 0 Å². The lowest BCUT2D eigenvalue weighted by molar-refractivity contribution is -0.00510. The third-order valence-electron chi connectivity index (χ3n) is 5.83. The van der Waals surface area contributed by atoms with E-state index in [2.05, 4.69) is 16.5 Å². The summed E-state index contributed by atoms with van der Waals surface area (Å²) in [5.41, 5.74) is -0.0896. The van der Waals surface area contributed by atoms with E-state index in [0.717, 1.165) is 24.8 Å². The molecule has 3 heterocycles. The molecule has 29 heavy (non-hydrogen) atoms. The molecule has 0 radical (unpaired) electrons. The second kappa shape index (κ2) is 7.84. The molecule has 7 heteroatoms. The minimum Gasteiger partial charge on any atom is -0.475 e. The Labute approximate surface area is 175 Å². The van der Waals surface area contributed by atoms with Crippen LogP contribution in [0.1, 0.15) is 61.3 Å². The Morgan fingerprint density at radius 2 is 1.90 bits per heavy atom. The largest absolute Gasteiger partial charge is 0.496 e. The number of nitrogens with zero attached hydrogens (tertiary/aromatic N) is 2. The molecule has 2 aliphatic heterocycles. The van der Waals surface area contributed by atoms with Crippen molar-refractivity contribution < 1.29 is 18.8 Å². The summed E-state index contributed by atoms with van der Waals surface area (Å²) < 4.78 is 24.1. The predicted octanol–water partition coefficient (Wildman–Crippen LogP) is 3.51. The first kappa shape index (κ1) is 22.0. The molecule has 1 aromatic rings. The summed E-state index contributed by atoms with van der Waals surface area (Å²) in [6.45, 7) is 19.9. The first-order chi connectivity index (χ1) is 13.4. The molecule has 0 aliphatic carbocycles. The molecule has 0 amide bonds.